The first-order valence-corrected chi connectivity index (χ1v) is 7.30. The van der Waals surface area contributed by atoms with Crippen LogP contribution in [0.25, 0.3) is 0 Å². The Morgan fingerprint density at radius 2 is 1.76 bits per heavy atom. The van der Waals surface area contributed by atoms with Crippen LogP contribution in [0.15, 0.2) is 54.6 Å². The van der Waals surface area contributed by atoms with Crippen LogP contribution >= 0.6 is 12.2 Å². The van der Waals surface area contributed by atoms with Crippen LogP contribution in [0.4, 0.5) is 5.69 Å². The van der Waals surface area contributed by atoms with Gasteiger partial charge in [-0.05, 0) is 36.8 Å². The molecule has 3 nitrogen and oxygen atoms in total. The molecule has 1 heterocycles. The fraction of sp³-hybridized carbons (Fsp3) is 0.176. The summed E-state index contributed by atoms with van der Waals surface area (Å²) >= 11 is 5.39. The molecular weight excluding hydrogens is 280 g/mol. The molecule has 1 amide bonds. The smallest absolute Gasteiger partial charge is 0.228 e. The Kier molecular flexibility index (Phi) is 3.71. The molecule has 1 aliphatic heterocycles. The maximum atomic E-state index is 11.9. The van der Waals surface area contributed by atoms with Crippen LogP contribution in [-0.2, 0) is 4.79 Å². The zero-order valence-corrected chi connectivity index (χ0v) is 12.6. The van der Waals surface area contributed by atoms with Crippen molar-refractivity contribution < 1.29 is 4.79 Å². The molecule has 106 valence electrons. The van der Waals surface area contributed by atoms with Crippen molar-refractivity contribution in [1.29, 1.82) is 0 Å². The highest BCUT2D eigenvalue weighted by atomic mass is 32.1. The molecule has 1 atom stereocenters. The average Bonchev–Trinajstić information content (AvgIpc) is 2.49. The van der Waals surface area contributed by atoms with Crippen molar-refractivity contribution in [2.24, 2.45) is 0 Å². The molecule has 21 heavy (non-hydrogen) atoms. The summed E-state index contributed by atoms with van der Waals surface area (Å²) in [7, 11) is 0. The Balaban J connectivity index is 2.03. The number of amides is 1. The first-order valence-electron chi connectivity index (χ1n) is 6.90. The van der Waals surface area contributed by atoms with Crippen LogP contribution in [0, 0.1) is 6.92 Å². The van der Waals surface area contributed by atoms with Gasteiger partial charge < -0.3 is 10.2 Å². The molecule has 2 aromatic rings. The van der Waals surface area contributed by atoms with E-state index in [1.807, 2.05) is 47.4 Å². The SMILES string of the molecule is Cc1ccc(N2C(=S)NC(=O)C[C@H]2c2ccccc2)cc1. The maximum absolute atomic E-state index is 11.9. The standard InChI is InChI=1S/C17H16N2OS/c1-12-7-9-14(10-8-12)19-15(11-16(20)18-17(19)21)13-5-3-2-4-6-13/h2-10,15H,11H2,1H3,(H,18,20,21)/t15-/m0/s1. The molecule has 0 aromatic heterocycles. The van der Waals surface area contributed by atoms with Crippen molar-refractivity contribution in [3.8, 4) is 0 Å². The normalized spacial score (nSPS) is 18.5. The third-order valence-corrected chi connectivity index (χ3v) is 3.95. The zero-order chi connectivity index (χ0) is 14.8. The van der Waals surface area contributed by atoms with Gasteiger partial charge in [0.2, 0.25) is 5.91 Å². The molecule has 1 fully saturated rings. The summed E-state index contributed by atoms with van der Waals surface area (Å²) in [5.41, 5.74) is 3.29. The molecule has 0 saturated carbocycles. The van der Waals surface area contributed by atoms with E-state index in [1.54, 1.807) is 0 Å². The van der Waals surface area contributed by atoms with Gasteiger partial charge in [-0.15, -0.1) is 0 Å². The second-order valence-electron chi connectivity index (χ2n) is 5.19. The van der Waals surface area contributed by atoms with Gasteiger partial charge in [-0.1, -0.05) is 48.0 Å². The van der Waals surface area contributed by atoms with Crippen molar-refractivity contribution in [2.45, 2.75) is 19.4 Å². The predicted octanol–water partition coefficient (Wildman–Crippen LogP) is 3.35. The van der Waals surface area contributed by atoms with E-state index in [2.05, 4.69) is 24.4 Å². The highest BCUT2D eigenvalue weighted by Gasteiger charge is 2.32. The number of thiocarbonyl (C=S) groups is 1. The van der Waals surface area contributed by atoms with Gasteiger partial charge in [0, 0.05) is 5.69 Å². The van der Waals surface area contributed by atoms with E-state index < -0.39 is 0 Å². The monoisotopic (exact) mass is 296 g/mol. The number of carbonyl (C=O) groups excluding carboxylic acids is 1. The summed E-state index contributed by atoms with van der Waals surface area (Å²) in [6.45, 7) is 2.05. The quantitative estimate of drug-likeness (QED) is 0.863. The lowest BCUT2D eigenvalue weighted by atomic mass is 9.99. The van der Waals surface area contributed by atoms with Gasteiger partial charge in [-0.2, -0.15) is 0 Å². The number of benzene rings is 2. The third-order valence-electron chi connectivity index (χ3n) is 3.65. The number of nitrogens with one attached hydrogen (secondary N) is 1. The maximum Gasteiger partial charge on any atom is 0.228 e. The van der Waals surface area contributed by atoms with Gasteiger partial charge in [0.25, 0.3) is 0 Å². The second kappa shape index (κ2) is 5.66. The fourth-order valence-corrected chi connectivity index (χ4v) is 2.93. The van der Waals surface area contributed by atoms with E-state index in [4.69, 9.17) is 12.2 Å². The highest BCUT2D eigenvalue weighted by Crippen LogP contribution is 2.32. The van der Waals surface area contributed by atoms with Crippen molar-refractivity contribution >= 4 is 28.9 Å². The molecule has 0 aliphatic carbocycles. The lowest BCUT2D eigenvalue weighted by Gasteiger charge is -2.37. The molecular formula is C17H16N2OS. The number of nitrogens with zero attached hydrogens (tertiary/aromatic N) is 1. The largest absolute Gasteiger partial charge is 0.311 e. The second-order valence-corrected chi connectivity index (χ2v) is 5.58. The van der Waals surface area contributed by atoms with Gasteiger partial charge in [-0.25, -0.2) is 0 Å². The van der Waals surface area contributed by atoms with Crippen molar-refractivity contribution in [1.82, 2.24) is 5.32 Å². The van der Waals surface area contributed by atoms with Crippen LogP contribution in [-0.4, -0.2) is 11.0 Å². The van der Waals surface area contributed by atoms with Crippen molar-refractivity contribution in [3.63, 3.8) is 0 Å². The Bertz CT molecular complexity index is 667. The number of hydrogen-bond acceptors (Lipinski definition) is 2. The lowest BCUT2D eigenvalue weighted by molar-refractivity contribution is -0.120. The summed E-state index contributed by atoms with van der Waals surface area (Å²) in [6, 6.07) is 18.1. The fourth-order valence-electron chi connectivity index (χ4n) is 2.58. The van der Waals surface area contributed by atoms with Gasteiger partial charge in [-0.3, -0.25) is 4.79 Å². The minimum absolute atomic E-state index is 0.0304. The van der Waals surface area contributed by atoms with E-state index in [1.165, 1.54) is 5.56 Å². The van der Waals surface area contributed by atoms with E-state index >= 15 is 0 Å². The molecule has 0 unspecified atom stereocenters. The number of hydrogen-bond donors (Lipinski definition) is 1. The minimum Gasteiger partial charge on any atom is -0.311 e. The molecule has 1 N–H and O–H groups in total. The number of aryl methyl sites for hydroxylation is 1. The van der Waals surface area contributed by atoms with Crippen LogP contribution in [0.3, 0.4) is 0 Å². The lowest BCUT2D eigenvalue weighted by Crippen LogP contribution is -2.51. The number of carbonyl (C=O) groups is 1. The van der Waals surface area contributed by atoms with Gasteiger partial charge >= 0.3 is 0 Å². The molecule has 0 spiro atoms. The Morgan fingerprint density at radius 1 is 1.10 bits per heavy atom. The van der Waals surface area contributed by atoms with Gasteiger partial charge in [0.05, 0.1) is 12.5 Å². The van der Waals surface area contributed by atoms with Crippen LogP contribution in [0.1, 0.15) is 23.6 Å². The van der Waals surface area contributed by atoms with E-state index in [-0.39, 0.29) is 11.9 Å². The minimum atomic E-state index is -0.0600. The van der Waals surface area contributed by atoms with E-state index in [9.17, 15) is 4.79 Å². The number of anilines is 1. The Labute approximate surface area is 129 Å². The van der Waals surface area contributed by atoms with Gasteiger partial charge in [0.15, 0.2) is 5.11 Å². The first kappa shape index (κ1) is 13.8. The third kappa shape index (κ3) is 2.81. The summed E-state index contributed by atoms with van der Waals surface area (Å²) in [6.07, 6.45) is 0.401. The molecule has 0 radical (unpaired) electrons. The average molecular weight is 296 g/mol. The number of rotatable bonds is 2. The molecule has 0 bridgehead atoms. The van der Waals surface area contributed by atoms with E-state index in [0.717, 1.165) is 11.3 Å². The van der Waals surface area contributed by atoms with Crippen molar-refractivity contribution in [3.05, 3.63) is 65.7 Å². The van der Waals surface area contributed by atoms with Crippen LogP contribution in [0.2, 0.25) is 0 Å². The molecule has 2 aromatic carbocycles. The molecule has 4 heteroatoms. The van der Waals surface area contributed by atoms with Crippen molar-refractivity contribution in [2.75, 3.05) is 4.90 Å². The summed E-state index contributed by atoms with van der Waals surface area (Å²) in [5.74, 6) is -0.0304. The summed E-state index contributed by atoms with van der Waals surface area (Å²) in [5, 5.41) is 3.22. The Hall–Kier alpha value is -2.20. The molecule has 3 rings (SSSR count). The summed E-state index contributed by atoms with van der Waals surface area (Å²) in [4.78, 5) is 13.9. The van der Waals surface area contributed by atoms with Gasteiger partial charge in [0.1, 0.15) is 0 Å². The molecule has 1 aliphatic rings. The Morgan fingerprint density at radius 3 is 2.43 bits per heavy atom. The highest BCUT2D eigenvalue weighted by molar-refractivity contribution is 7.80. The molecule has 1 saturated heterocycles. The summed E-state index contributed by atoms with van der Waals surface area (Å²) < 4.78 is 0. The van der Waals surface area contributed by atoms with E-state index in [0.29, 0.717) is 11.5 Å². The van der Waals surface area contributed by atoms with Crippen LogP contribution < -0.4 is 10.2 Å². The topological polar surface area (TPSA) is 32.3 Å². The first-order chi connectivity index (χ1) is 10.1. The zero-order valence-electron chi connectivity index (χ0n) is 11.7. The predicted molar refractivity (Wildman–Crippen MR) is 88.2 cm³/mol. The van der Waals surface area contributed by atoms with Crippen LogP contribution in [0.5, 0.6) is 0 Å².